The Labute approximate surface area is 77.8 Å². The van der Waals surface area contributed by atoms with Crippen LogP contribution in [0.15, 0.2) is 12.1 Å². The minimum atomic E-state index is 1.27. The first-order valence-corrected chi connectivity index (χ1v) is 4.86. The van der Waals surface area contributed by atoms with Crippen molar-refractivity contribution in [3.63, 3.8) is 0 Å². The van der Waals surface area contributed by atoms with E-state index in [1.807, 2.05) is 0 Å². The molecule has 1 N–H and O–H groups in total. The van der Waals surface area contributed by atoms with Gasteiger partial charge in [-0.05, 0) is 55.5 Å². The summed E-state index contributed by atoms with van der Waals surface area (Å²) in [7, 11) is 0. The number of aromatic nitrogens is 1. The van der Waals surface area contributed by atoms with Gasteiger partial charge in [0.2, 0.25) is 0 Å². The predicted molar refractivity (Wildman–Crippen MR) is 55.2 cm³/mol. The molecule has 0 aliphatic heterocycles. The minimum Gasteiger partial charge on any atom is -0.358 e. The summed E-state index contributed by atoms with van der Waals surface area (Å²) >= 11 is 0. The molecule has 0 atom stereocenters. The lowest BCUT2D eigenvalue weighted by atomic mass is 9.87. The molecule has 0 spiro atoms. The van der Waals surface area contributed by atoms with Gasteiger partial charge in [0, 0.05) is 16.6 Å². The van der Waals surface area contributed by atoms with Crippen LogP contribution >= 0.6 is 0 Å². The van der Waals surface area contributed by atoms with Crippen LogP contribution in [0.2, 0.25) is 0 Å². The Morgan fingerprint density at radius 1 is 1.08 bits per heavy atom. The molecule has 1 nitrogen and oxygen atoms in total. The van der Waals surface area contributed by atoms with E-state index in [4.69, 9.17) is 0 Å². The molecule has 0 radical (unpaired) electrons. The number of hydrogen-bond acceptors (Lipinski definition) is 0. The van der Waals surface area contributed by atoms with Gasteiger partial charge < -0.3 is 4.98 Å². The Hall–Kier alpha value is -1.24. The Kier molecular flexibility index (Phi) is 1.20. The van der Waals surface area contributed by atoms with Crippen LogP contribution in [0.3, 0.4) is 0 Å². The second-order valence-electron chi connectivity index (χ2n) is 4.04. The second kappa shape index (κ2) is 2.16. The number of nitrogens with one attached hydrogen (secondary N) is 1. The molecule has 0 amide bonds. The van der Waals surface area contributed by atoms with Gasteiger partial charge in [0.15, 0.2) is 0 Å². The normalized spacial score (nSPS) is 14.3. The van der Waals surface area contributed by atoms with Gasteiger partial charge in [-0.15, -0.1) is 0 Å². The molecule has 0 saturated carbocycles. The molecular weight excluding hydrogens is 158 g/mol. The maximum Gasteiger partial charge on any atom is 0.0461 e. The number of aryl methyl sites for hydroxylation is 4. The lowest BCUT2D eigenvalue weighted by Gasteiger charge is -2.18. The summed E-state index contributed by atoms with van der Waals surface area (Å²) < 4.78 is 0. The van der Waals surface area contributed by atoms with Crippen molar-refractivity contribution in [3.05, 3.63) is 34.5 Å². The third-order valence-electron chi connectivity index (χ3n) is 3.29. The third kappa shape index (κ3) is 0.819. The lowest BCUT2D eigenvalue weighted by Crippen LogP contribution is -2.07. The molecule has 2 aromatic rings. The van der Waals surface area contributed by atoms with Gasteiger partial charge in [0.25, 0.3) is 0 Å². The van der Waals surface area contributed by atoms with Gasteiger partial charge in [-0.1, -0.05) is 0 Å². The number of fused-ring (bicyclic) bond motifs is 2. The van der Waals surface area contributed by atoms with Gasteiger partial charge in [-0.25, -0.2) is 0 Å². The summed E-state index contributed by atoms with van der Waals surface area (Å²) in [5, 5.41) is 1.41. The number of aromatic amines is 1. The first kappa shape index (κ1) is 7.19. The van der Waals surface area contributed by atoms with Crippen LogP contribution in [0.4, 0.5) is 0 Å². The Balaban J connectivity index is 2.44. The zero-order valence-electron chi connectivity index (χ0n) is 8.07. The van der Waals surface area contributed by atoms with Crippen molar-refractivity contribution in [2.75, 3.05) is 0 Å². The van der Waals surface area contributed by atoms with Gasteiger partial charge in [0.05, 0.1) is 0 Å². The Morgan fingerprint density at radius 2 is 1.77 bits per heavy atom. The van der Waals surface area contributed by atoms with Crippen molar-refractivity contribution in [2.24, 2.45) is 0 Å². The molecule has 1 aromatic heterocycles. The van der Waals surface area contributed by atoms with Gasteiger partial charge in [-0.2, -0.15) is 0 Å². The number of rotatable bonds is 0. The summed E-state index contributed by atoms with van der Waals surface area (Å²) in [5.41, 5.74) is 7.11. The molecule has 66 valence electrons. The zero-order chi connectivity index (χ0) is 9.00. The van der Waals surface area contributed by atoms with Crippen molar-refractivity contribution < 1.29 is 0 Å². The molecule has 1 aliphatic carbocycles. The Morgan fingerprint density at radius 3 is 2.46 bits per heavy atom. The predicted octanol–water partition coefficient (Wildman–Crippen LogP) is 2.88. The molecule has 1 aromatic carbocycles. The number of benzene rings is 1. The van der Waals surface area contributed by atoms with E-state index in [0.29, 0.717) is 0 Å². The van der Waals surface area contributed by atoms with Crippen molar-refractivity contribution in [1.29, 1.82) is 0 Å². The topological polar surface area (TPSA) is 15.8 Å². The molecule has 0 fully saturated rings. The molecule has 0 unspecified atom stereocenters. The van der Waals surface area contributed by atoms with Crippen LogP contribution in [0.1, 0.15) is 22.4 Å². The SMILES string of the molecule is Cc1[nH]c2cc3c(cc2c1C)CC3. The quantitative estimate of drug-likeness (QED) is 0.627. The average Bonchev–Trinajstić information content (AvgIpc) is 2.34. The first-order valence-electron chi connectivity index (χ1n) is 4.86. The fourth-order valence-corrected chi connectivity index (χ4v) is 2.16. The van der Waals surface area contributed by atoms with E-state index in [2.05, 4.69) is 31.0 Å². The summed E-state index contributed by atoms with van der Waals surface area (Å²) in [6.45, 7) is 4.34. The molecule has 13 heavy (non-hydrogen) atoms. The van der Waals surface area contributed by atoms with Crippen molar-refractivity contribution in [3.8, 4) is 0 Å². The van der Waals surface area contributed by atoms with E-state index in [-0.39, 0.29) is 0 Å². The van der Waals surface area contributed by atoms with E-state index in [9.17, 15) is 0 Å². The highest BCUT2D eigenvalue weighted by Crippen LogP contribution is 2.30. The van der Waals surface area contributed by atoms with Crippen molar-refractivity contribution in [2.45, 2.75) is 26.7 Å². The smallest absolute Gasteiger partial charge is 0.0461 e. The van der Waals surface area contributed by atoms with E-state index in [1.54, 1.807) is 5.56 Å². The average molecular weight is 171 g/mol. The van der Waals surface area contributed by atoms with Crippen LogP contribution < -0.4 is 0 Å². The highest BCUT2D eigenvalue weighted by atomic mass is 14.7. The molecule has 1 heteroatoms. The van der Waals surface area contributed by atoms with Crippen LogP contribution in [-0.4, -0.2) is 4.98 Å². The van der Waals surface area contributed by atoms with Crippen molar-refractivity contribution in [1.82, 2.24) is 4.98 Å². The summed E-state index contributed by atoms with van der Waals surface area (Å²) in [4.78, 5) is 3.43. The van der Waals surface area contributed by atoms with Gasteiger partial charge in [0.1, 0.15) is 0 Å². The monoisotopic (exact) mass is 171 g/mol. The molecule has 1 aliphatic rings. The molecular formula is C12H13N. The van der Waals surface area contributed by atoms with Crippen LogP contribution in [0.5, 0.6) is 0 Å². The van der Waals surface area contributed by atoms with E-state index in [0.717, 1.165) is 0 Å². The fraction of sp³-hybridized carbons (Fsp3) is 0.333. The highest BCUT2D eigenvalue weighted by Gasteiger charge is 2.15. The molecule has 0 saturated heterocycles. The minimum absolute atomic E-state index is 1.27. The lowest BCUT2D eigenvalue weighted by molar-refractivity contribution is 0.843. The van der Waals surface area contributed by atoms with E-state index >= 15 is 0 Å². The standard InChI is InChI=1S/C12H13N/c1-7-8(2)13-12-6-10-4-3-9(10)5-11(7)12/h5-6,13H,3-4H2,1-2H3. The van der Waals surface area contributed by atoms with Gasteiger partial charge >= 0.3 is 0 Å². The molecule has 0 bridgehead atoms. The number of hydrogen-bond donors (Lipinski definition) is 1. The van der Waals surface area contributed by atoms with Crippen LogP contribution in [-0.2, 0) is 12.8 Å². The largest absolute Gasteiger partial charge is 0.358 e. The van der Waals surface area contributed by atoms with Crippen molar-refractivity contribution >= 4 is 10.9 Å². The summed E-state index contributed by atoms with van der Waals surface area (Å²) in [6, 6.07) is 4.67. The van der Waals surface area contributed by atoms with Crippen LogP contribution in [0.25, 0.3) is 10.9 Å². The van der Waals surface area contributed by atoms with E-state index < -0.39 is 0 Å². The Bertz CT molecular complexity index is 491. The van der Waals surface area contributed by atoms with E-state index in [1.165, 1.54) is 40.6 Å². The number of H-pyrrole nitrogens is 1. The fourth-order valence-electron chi connectivity index (χ4n) is 2.16. The van der Waals surface area contributed by atoms with Crippen LogP contribution in [0, 0.1) is 13.8 Å². The maximum atomic E-state index is 3.43. The first-order chi connectivity index (χ1) is 6.25. The molecule has 1 heterocycles. The summed E-state index contributed by atoms with van der Waals surface area (Å²) in [6.07, 6.45) is 2.54. The highest BCUT2D eigenvalue weighted by molar-refractivity contribution is 5.86. The van der Waals surface area contributed by atoms with Gasteiger partial charge in [-0.3, -0.25) is 0 Å². The second-order valence-corrected chi connectivity index (χ2v) is 4.04. The zero-order valence-corrected chi connectivity index (χ0v) is 8.07. The maximum absolute atomic E-state index is 3.43. The molecule has 3 rings (SSSR count). The third-order valence-corrected chi connectivity index (χ3v) is 3.29. The summed E-state index contributed by atoms with van der Waals surface area (Å²) in [5.74, 6) is 0.